The Hall–Kier alpha value is -8.84. The number of nitrogens with zero attached hydrogens (tertiary/aromatic N) is 6. The predicted octanol–water partition coefficient (Wildman–Crippen LogP) is 15.1. The largest absolute Gasteiger partial charge is 0.306 e. The Morgan fingerprint density at radius 2 is 0.500 bits per heavy atom. The van der Waals surface area contributed by atoms with Crippen LogP contribution in [0.15, 0.2) is 170 Å². The van der Waals surface area contributed by atoms with Crippen LogP contribution in [0, 0.1) is 50.4 Å². The van der Waals surface area contributed by atoms with Crippen molar-refractivity contribution in [3.63, 3.8) is 0 Å². The zero-order valence-corrected chi connectivity index (χ0v) is 36.8. The third-order valence-corrected chi connectivity index (χ3v) is 14.1. The van der Waals surface area contributed by atoms with Crippen molar-refractivity contribution < 1.29 is 0 Å². The number of aryl methyl sites for hydroxylation is 4. The van der Waals surface area contributed by atoms with Crippen molar-refractivity contribution in [1.29, 1.82) is 10.5 Å². The first-order valence-electron chi connectivity index (χ1n) is 22.4. The first-order valence-corrected chi connectivity index (χ1v) is 22.4. The fourth-order valence-electron chi connectivity index (χ4n) is 11.5. The molecular formula is C60H40N6. The predicted molar refractivity (Wildman–Crippen MR) is 272 cm³/mol. The quantitative estimate of drug-likeness (QED) is 0.177. The molecule has 13 rings (SSSR count). The average molecular weight is 845 g/mol. The zero-order chi connectivity index (χ0) is 44.5. The van der Waals surface area contributed by atoms with E-state index in [1.807, 2.05) is 0 Å². The highest BCUT2D eigenvalue weighted by atomic mass is 15.1. The maximum atomic E-state index is 12.5. The third-order valence-electron chi connectivity index (χ3n) is 14.1. The maximum absolute atomic E-state index is 12.5. The third kappa shape index (κ3) is 4.82. The molecule has 13 aromatic rings. The zero-order valence-electron chi connectivity index (χ0n) is 36.8. The van der Waals surface area contributed by atoms with E-state index in [1.165, 1.54) is 0 Å². The maximum Gasteiger partial charge on any atom is 0.104 e. The lowest BCUT2D eigenvalue weighted by molar-refractivity contribution is 1.02. The molecule has 4 heterocycles. The van der Waals surface area contributed by atoms with Gasteiger partial charge in [-0.1, -0.05) is 146 Å². The van der Waals surface area contributed by atoms with Crippen molar-refractivity contribution >= 4 is 87.2 Å². The number of fused-ring (bicyclic) bond motifs is 12. The van der Waals surface area contributed by atoms with E-state index >= 15 is 0 Å². The average Bonchev–Trinajstić information content (AvgIpc) is 4.08. The molecule has 0 aliphatic rings. The molecule has 0 radical (unpaired) electrons. The highest BCUT2D eigenvalue weighted by Crippen LogP contribution is 2.49. The van der Waals surface area contributed by atoms with E-state index in [0.717, 1.165) is 109 Å². The summed E-state index contributed by atoms with van der Waals surface area (Å²) in [6.07, 6.45) is 0. The molecule has 9 aromatic carbocycles. The Bertz CT molecular complexity index is 3850. The van der Waals surface area contributed by atoms with Gasteiger partial charge in [0.15, 0.2) is 0 Å². The van der Waals surface area contributed by atoms with Crippen LogP contribution in [0.25, 0.3) is 110 Å². The number of rotatable bonds is 4. The lowest BCUT2D eigenvalue weighted by Crippen LogP contribution is -2.17. The van der Waals surface area contributed by atoms with Gasteiger partial charge in [0.2, 0.25) is 0 Å². The van der Waals surface area contributed by atoms with E-state index in [2.05, 4.69) is 228 Å². The van der Waals surface area contributed by atoms with Gasteiger partial charge in [-0.2, -0.15) is 10.5 Å². The van der Waals surface area contributed by atoms with Crippen LogP contribution in [0.5, 0.6) is 0 Å². The molecule has 0 N–H and O–H groups in total. The molecule has 0 saturated heterocycles. The second-order valence-electron chi connectivity index (χ2n) is 17.7. The SMILES string of the molecule is Cc1cccc2c3cccc(C)c3n(-c3c(C#N)c(-n4c5ccccc5c5ccccc54)c(-n4c5ccccc5c5ccccc54)c(C#N)c3-n3c4c(C)cccc4c4cccc(C)c43)c12. The van der Waals surface area contributed by atoms with Crippen LogP contribution < -0.4 is 0 Å². The van der Waals surface area contributed by atoms with Crippen molar-refractivity contribution in [2.45, 2.75) is 27.7 Å². The minimum Gasteiger partial charge on any atom is -0.306 e. The molecule has 0 bridgehead atoms. The number of nitriles is 2. The number of para-hydroxylation sites is 8. The normalized spacial score (nSPS) is 11.9. The summed E-state index contributed by atoms with van der Waals surface area (Å²) in [4.78, 5) is 0. The molecule has 0 unspecified atom stereocenters. The van der Waals surface area contributed by atoms with Crippen LogP contribution in [0.3, 0.4) is 0 Å². The molecule has 0 atom stereocenters. The molecule has 0 fully saturated rings. The summed E-state index contributed by atoms with van der Waals surface area (Å²) >= 11 is 0. The highest BCUT2D eigenvalue weighted by molar-refractivity contribution is 6.17. The second kappa shape index (κ2) is 13.8. The van der Waals surface area contributed by atoms with Crippen molar-refractivity contribution in [3.05, 3.63) is 203 Å². The van der Waals surface area contributed by atoms with Crippen LogP contribution in [0.2, 0.25) is 0 Å². The number of aromatic nitrogens is 4. The van der Waals surface area contributed by atoms with Gasteiger partial charge in [0, 0.05) is 43.1 Å². The summed E-state index contributed by atoms with van der Waals surface area (Å²) in [6, 6.07) is 65.4. The number of benzene rings is 9. The van der Waals surface area contributed by atoms with Gasteiger partial charge in [-0.3, -0.25) is 0 Å². The minimum absolute atomic E-state index is 0.454. The molecule has 4 aromatic heterocycles. The van der Waals surface area contributed by atoms with Crippen LogP contribution in [0.4, 0.5) is 0 Å². The Morgan fingerprint density at radius 1 is 0.273 bits per heavy atom. The van der Waals surface area contributed by atoms with Gasteiger partial charge in [-0.25, -0.2) is 0 Å². The lowest BCUT2D eigenvalue weighted by atomic mass is 9.98. The van der Waals surface area contributed by atoms with E-state index in [1.54, 1.807) is 0 Å². The fraction of sp³-hybridized carbons (Fsp3) is 0.0667. The van der Waals surface area contributed by atoms with Crippen molar-refractivity contribution in [1.82, 2.24) is 18.3 Å². The van der Waals surface area contributed by atoms with Gasteiger partial charge < -0.3 is 18.3 Å². The summed E-state index contributed by atoms with van der Waals surface area (Å²) in [6.45, 7) is 8.61. The fourth-order valence-corrected chi connectivity index (χ4v) is 11.5. The summed E-state index contributed by atoms with van der Waals surface area (Å²) in [5.41, 5.74) is 15.5. The summed E-state index contributed by atoms with van der Waals surface area (Å²) in [7, 11) is 0. The Balaban J connectivity index is 1.42. The van der Waals surface area contributed by atoms with E-state index in [0.29, 0.717) is 33.9 Å². The number of hydrogen-bond donors (Lipinski definition) is 0. The number of hydrogen-bond acceptors (Lipinski definition) is 2. The van der Waals surface area contributed by atoms with E-state index in [9.17, 15) is 10.5 Å². The Morgan fingerprint density at radius 3 is 0.758 bits per heavy atom. The van der Waals surface area contributed by atoms with Gasteiger partial charge in [-0.15, -0.1) is 0 Å². The minimum atomic E-state index is 0.454. The van der Waals surface area contributed by atoms with Crippen LogP contribution in [-0.2, 0) is 0 Å². The Kier molecular flexibility index (Phi) is 7.90. The summed E-state index contributed by atoms with van der Waals surface area (Å²) in [5.74, 6) is 0. The lowest BCUT2D eigenvalue weighted by Gasteiger charge is -2.27. The topological polar surface area (TPSA) is 67.3 Å². The van der Waals surface area contributed by atoms with Gasteiger partial charge in [-0.05, 0) is 74.2 Å². The molecule has 0 aliphatic heterocycles. The second-order valence-corrected chi connectivity index (χ2v) is 17.7. The van der Waals surface area contributed by atoms with Crippen molar-refractivity contribution in [2.24, 2.45) is 0 Å². The van der Waals surface area contributed by atoms with Crippen LogP contribution in [0.1, 0.15) is 33.4 Å². The van der Waals surface area contributed by atoms with E-state index in [-0.39, 0.29) is 0 Å². The molecular weight excluding hydrogens is 805 g/mol. The molecule has 66 heavy (non-hydrogen) atoms. The smallest absolute Gasteiger partial charge is 0.104 e. The molecule has 0 spiro atoms. The van der Waals surface area contributed by atoms with Crippen molar-refractivity contribution in [3.8, 4) is 34.9 Å². The van der Waals surface area contributed by atoms with E-state index in [4.69, 9.17) is 0 Å². The summed E-state index contributed by atoms with van der Waals surface area (Å²) < 4.78 is 9.16. The molecule has 310 valence electrons. The summed E-state index contributed by atoms with van der Waals surface area (Å²) in [5, 5.41) is 33.6. The molecule has 0 aliphatic carbocycles. The van der Waals surface area contributed by atoms with Gasteiger partial charge in [0.1, 0.15) is 23.3 Å². The van der Waals surface area contributed by atoms with E-state index < -0.39 is 0 Å². The molecule has 0 amide bonds. The monoisotopic (exact) mass is 844 g/mol. The Labute approximate surface area is 380 Å². The van der Waals surface area contributed by atoms with Gasteiger partial charge >= 0.3 is 0 Å². The first kappa shape index (κ1) is 37.7. The molecule has 6 heteroatoms. The highest BCUT2D eigenvalue weighted by Gasteiger charge is 2.35. The van der Waals surface area contributed by atoms with Gasteiger partial charge in [0.05, 0.1) is 66.9 Å². The van der Waals surface area contributed by atoms with Crippen LogP contribution >= 0.6 is 0 Å². The van der Waals surface area contributed by atoms with Crippen molar-refractivity contribution in [2.75, 3.05) is 0 Å². The van der Waals surface area contributed by atoms with Gasteiger partial charge in [0.25, 0.3) is 0 Å². The molecule has 0 saturated carbocycles. The standard InChI is InChI=1S/C60H40N6/c1-35-17-13-25-43-44-26-14-18-36(2)54(44)65(53(35)43)59-47(33-61)57(63-49-29-9-5-21-39(49)40-22-6-10-30-50(40)63)58(64-51-31-11-7-23-41(51)42-24-8-12-32-52(42)64)48(34-62)60(59)66-55-37(3)19-15-27-45(55)46-28-16-20-38(4)56(46)66/h5-32H,1-4H3. The first-order chi connectivity index (χ1) is 32.4. The molecule has 6 nitrogen and oxygen atoms in total. The van der Waals surface area contributed by atoms with Crippen LogP contribution in [-0.4, -0.2) is 18.3 Å².